The van der Waals surface area contributed by atoms with Crippen LogP contribution in [0.15, 0.2) is 78.9 Å². The summed E-state index contributed by atoms with van der Waals surface area (Å²) in [5.41, 5.74) is 15.1. The molecule has 2 aliphatic rings. The van der Waals surface area contributed by atoms with Crippen molar-refractivity contribution < 1.29 is 9.53 Å². The van der Waals surface area contributed by atoms with Gasteiger partial charge in [0.1, 0.15) is 18.0 Å². The summed E-state index contributed by atoms with van der Waals surface area (Å²) in [7, 11) is 3.67. The van der Waals surface area contributed by atoms with Crippen LogP contribution in [0.2, 0.25) is 0 Å². The predicted molar refractivity (Wildman–Crippen MR) is 218 cm³/mol. The first-order valence-corrected chi connectivity index (χ1v) is 19.0. The van der Waals surface area contributed by atoms with Gasteiger partial charge in [-0.3, -0.25) is 15.1 Å². The maximum absolute atomic E-state index is 12.5. The van der Waals surface area contributed by atoms with E-state index in [1.165, 1.54) is 39.2 Å². The van der Waals surface area contributed by atoms with Crippen LogP contribution in [0, 0.1) is 10.8 Å². The maximum Gasteiger partial charge on any atom is 0.414 e. The Kier molecular flexibility index (Phi) is 9.08. The molecule has 10 nitrogen and oxygen atoms in total. The number of anilines is 2. The molecule has 0 unspecified atom stereocenters. The predicted octanol–water partition coefficient (Wildman–Crippen LogP) is 9.96. The standard InChI is InChI=1S/C26H28N4O2.C18H22N4/c1-26(2)12-11-20-23(15-26)28-29-24(20)22-13-18-9-10-19(14-21(18)27-22)30(3)25(31)32-16-17-7-5-4-6-8-17;1-18(2)7-6-13-16(10-18)21-22-17(13)15-8-11-4-5-12(19-3)9-14(11)20-15/h4-10,13-14,27H,11-12,15-16H2,1-3H3,(H,28,29);4-5,8-9,19-20H,6-7,10H2,1-3H3,(H,21,22). The molecule has 0 saturated carbocycles. The minimum absolute atomic E-state index is 0.250. The van der Waals surface area contributed by atoms with Gasteiger partial charge in [-0.1, -0.05) is 70.2 Å². The lowest BCUT2D eigenvalue weighted by Gasteiger charge is -2.29. The molecule has 0 radical (unpaired) electrons. The molecule has 4 aromatic heterocycles. The molecule has 9 rings (SSSR count). The van der Waals surface area contributed by atoms with Gasteiger partial charge < -0.3 is 20.0 Å². The van der Waals surface area contributed by atoms with Crippen molar-refractivity contribution in [2.24, 2.45) is 10.8 Å². The number of fused-ring (bicyclic) bond motifs is 4. The van der Waals surface area contributed by atoms with E-state index in [1.807, 2.05) is 55.6 Å². The van der Waals surface area contributed by atoms with Crippen molar-refractivity contribution in [1.82, 2.24) is 30.4 Å². The quantitative estimate of drug-likeness (QED) is 0.117. The lowest BCUT2D eigenvalue weighted by molar-refractivity contribution is 0.148. The zero-order valence-corrected chi connectivity index (χ0v) is 32.1. The van der Waals surface area contributed by atoms with Crippen LogP contribution >= 0.6 is 0 Å². The van der Waals surface area contributed by atoms with Crippen LogP contribution in [0.5, 0.6) is 0 Å². The number of amides is 1. The molecule has 0 bridgehead atoms. The number of hydrogen-bond acceptors (Lipinski definition) is 5. The third kappa shape index (κ3) is 7.12. The van der Waals surface area contributed by atoms with E-state index in [1.54, 1.807) is 7.05 Å². The van der Waals surface area contributed by atoms with E-state index >= 15 is 0 Å². The molecule has 0 spiro atoms. The lowest BCUT2D eigenvalue weighted by Crippen LogP contribution is -2.26. The minimum Gasteiger partial charge on any atom is -0.444 e. The number of nitrogens with one attached hydrogen (secondary N) is 5. The third-order valence-corrected chi connectivity index (χ3v) is 11.2. The number of aromatic amines is 4. The topological polar surface area (TPSA) is 131 Å². The highest BCUT2D eigenvalue weighted by Gasteiger charge is 2.31. The first-order valence-electron chi connectivity index (χ1n) is 19.0. The van der Waals surface area contributed by atoms with E-state index in [-0.39, 0.29) is 12.7 Å². The zero-order valence-electron chi connectivity index (χ0n) is 32.1. The molecule has 5 N–H and O–H groups in total. The number of aromatic nitrogens is 6. The van der Waals surface area contributed by atoms with Crippen molar-refractivity contribution >= 4 is 39.3 Å². The Labute approximate surface area is 316 Å². The smallest absolute Gasteiger partial charge is 0.414 e. The van der Waals surface area contributed by atoms with Crippen LogP contribution in [-0.2, 0) is 37.0 Å². The van der Waals surface area contributed by atoms with Crippen LogP contribution in [0.25, 0.3) is 44.6 Å². The number of rotatable bonds is 6. The molecule has 3 aromatic carbocycles. The van der Waals surface area contributed by atoms with Crippen molar-refractivity contribution in [2.75, 3.05) is 24.3 Å². The van der Waals surface area contributed by atoms with Crippen LogP contribution in [-0.4, -0.2) is 50.6 Å². The summed E-state index contributed by atoms with van der Waals surface area (Å²) in [6.45, 7) is 9.53. The molecule has 0 fully saturated rings. The third-order valence-electron chi connectivity index (χ3n) is 11.2. The maximum atomic E-state index is 12.5. The number of H-pyrrole nitrogens is 4. The van der Waals surface area contributed by atoms with Gasteiger partial charge in [0.05, 0.1) is 11.4 Å². The van der Waals surface area contributed by atoms with E-state index in [0.29, 0.717) is 10.8 Å². The molecule has 54 heavy (non-hydrogen) atoms. The number of nitrogens with zero attached hydrogens (tertiary/aromatic N) is 3. The first kappa shape index (κ1) is 35.3. The van der Waals surface area contributed by atoms with E-state index < -0.39 is 0 Å². The second-order valence-corrected chi connectivity index (χ2v) is 16.5. The second kappa shape index (κ2) is 13.9. The monoisotopic (exact) mass is 722 g/mol. The van der Waals surface area contributed by atoms with Crippen molar-refractivity contribution in [2.45, 2.75) is 72.8 Å². The van der Waals surface area contributed by atoms with Gasteiger partial charge in [0.15, 0.2) is 0 Å². The van der Waals surface area contributed by atoms with E-state index in [2.05, 4.69) is 93.7 Å². The molecular formula is C44H50N8O2. The molecule has 7 aromatic rings. The van der Waals surface area contributed by atoms with Crippen LogP contribution in [0.4, 0.5) is 16.2 Å². The average molecular weight is 723 g/mol. The Morgan fingerprint density at radius 2 is 1.31 bits per heavy atom. The van der Waals surface area contributed by atoms with Crippen LogP contribution in [0.3, 0.4) is 0 Å². The normalized spacial score (nSPS) is 15.6. The fourth-order valence-corrected chi connectivity index (χ4v) is 7.92. The SMILES string of the molecule is CN(C(=O)OCc1ccccc1)c1ccc2cc(-c3n[nH]c4c3CCC(C)(C)C4)[nH]c2c1.CNc1ccc2cc(-c3n[nH]c4c3CCC(C)(C)C4)[nH]c2c1. The fourth-order valence-electron chi connectivity index (χ4n) is 7.92. The molecule has 0 atom stereocenters. The van der Waals surface area contributed by atoms with Crippen molar-refractivity contribution in [1.29, 1.82) is 0 Å². The summed E-state index contributed by atoms with van der Waals surface area (Å²) >= 11 is 0. The van der Waals surface area contributed by atoms with E-state index in [4.69, 9.17) is 4.74 Å². The fraction of sp³-hybridized carbons (Fsp3) is 0.341. The van der Waals surface area contributed by atoms with Gasteiger partial charge in [-0.05, 0) is 91.3 Å². The molecule has 2 aliphatic carbocycles. The Hall–Kier alpha value is -5.77. The molecular weight excluding hydrogens is 673 g/mol. The largest absolute Gasteiger partial charge is 0.444 e. The van der Waals surface area contributed by atoms with Gasteiger partial charge in [0.2, 0.25) is 0 Å². The minimum atomic E-state index is -0.385. The molecule has 10 heteroatoms. The summed E-state index contributed by atoms with van der Waals surface area (Å²) < 4.78 is 5.46. The van der Waals surface area contributed by atoms with E-state index in [9.17, 15) is 4.79 Å². The summed E-state index contributed by atoms with van der Waals surface area (Å²) in [6, 6.07) is 26.3. The number of ether oxygens (including phenoxy) is 1. The first-order chi connectivity index (χ1) is 25.9. The van der Waals surface area contributed by atoms with Gasteiger partial charge in [0.25, 0.3) is 0 Å². The van der Waals surface area contributed by atoms with Gasteiger partial charge in [-0.15, -0.1) is 0 Å². The van der Waals surface area contributed by atoms with Gasteiger partial charge >= 0.3 is 6.09 Å². The zero-order chi connectivity index (χ0) is 37.6. The molecule has 0 saturated heterocycles. The lowest BCUT2D eigenvalue weighted by atomic mass is 9.76. The Bertz CT molecular complexity index is 2440. The van der Waals surface area contributed by atoms with E-state index in [0.717, 1.165) is 88.2 Å². The van der Waals surface area contributed by atoms with Gasteiger partial charge in [-0.25, -0.2) is 4.79 Å². The van der Waals surface area contributed by atoms with Crippen LogP contribution < -0.4 is 10.2 Å². The number of hydrogen-bond donors (Lipinski definition) is 5. The highest BCUT2D eigenvalue weighted by molar-refractivity contribution is 5.93. The summed E-state index contributed by atoms with van der Waals surface area (Å²) in [5, 5.41) is 21.2. The van der Waals surface area contributed by atoms with Crippen molar-refractivity contribution in [3.63, 3.8) is 0 Å². The molecule has 0 aliphatic heterocycles. The summed E-state index contributed by atoms with van der Waals surface area (Å²) in [5.74, 6) is 0. The number of carbonyl (C=O) groups is 1. The number of benzene rings is 3. The molecule has 4 heterocycles. The Morgan fingerprint density at radius 1 is 0.759 bits per heavy atom. The van der Waals surface area contributed by atoms with Gasteiger partial charge in [0, 0.05) is 69.8 Å². The summed E-state index contributed by atoms with van der Waals surface area (Å²) in [4.78, 5) is 21.1. The van der Waals surface area contributed by atoms with Crippen LogP contribution in [0.1, 0.15) is 68.6 Å². The molecule has 1 amide bonds. The van der Waals surface area contributed by atoms with Gasteiger partial charge in [-0.2, -0.15) is 10.2 Å². The van der Waals surface area contributed by atoms with Crippen molar-refractivity contribution in [3.05, 3.63) is 107 Å². The summed E-state index contributed by atoms with van der Waals surface area (Å²) in [6.07, 6.45) is 6.23. The number of carbonyl (C=O) groups excluding carboxylic acids is 1. The highest BCUT2D eigenvalue weighted by Crippen LogP contribution is 2.40. The second-order valence-electron chi connectivity index (χ2n) is 16.5. The highest BCUT2D eigenvalue weighted by atomic mass is 16.6. The Balaban J connectivity index is 0.000000164. The average Bonchev–Trinajstić information content (AvgIpc) is 3.96. The molecule has 278 valence electrons. The Morgan fingerprint density at radius 3 is 1.89 bits per heavy atom. The van der Waals surface area contributed by atoms with Crippen molar-refractivity contribution in [3.8, 4) is 22.8 Å².